The number of rotatable bonds is 5. The van der Waals surface area contributed by atoms with Crippen LogP contribution >= 0.6 is 0 Å². The highest BCUT2D eigenvalue weighted by Gasteiger charge is 2.30. The minimum atomic E-state index is -0.632. The van der Waals surface area contributed by atoms with Crippen molar-refractivity contribution in [3.8, 4) is 23.0 Å². The molecule has 0 radical (unpaired) electrons. The zero-order valence-corrected chi connectivity index (χ0v) is 17.8. The zero-order chi connectivity index (χ0) is 23.4. The Morgan fingerprint density at radius 3 is 1.84 bits per heavy atom. The lowest BCUT2D eigenvalue weighted by Gasteiger charge is -2.25. The Morgan fingerprint density at radius 2 is 1.28 bits per heavy atom. The van der Waals surface area contributed by atoms with Gasteiger partial charge in [-0.1, -0.05) is 12.1 Å². The molecule has 9 heteroatoms. The maximum Gasteiger partial charge on any atom is 0.308 e. The van der Waals surface area contributed by atoms with Crippen molar-refractivity contribution in [3.63, 3.8) is 0 Å². The highest BCUT2D eigenvalue weighted by atomic mass is 16.6. The molecule has 0 aromatic heterocycles. The molecule has 0 fully saturated rings. The predicted octanol–water partition coefficient (Wildman–Crippen LogP) is 3.29. The standard InChI is InChI=1S/C23H20O9/c1-12(24)29-17-7-5-16(6-8-17)19-11-28-20-9-18(30-13(2)25)10-21(31-14(3)26)22(20)23(19)32-15(4)27/h5-10H,11H2,1-4H3. The summed E-state index contributed by atoms with van der Waals surface area (Å²) in [5, 5.41) is 0. The molecule has 0 bridgehead atoms. The van der Waals surface area contributed by atoms with E-state index in [1.54, 1.807) is 24.3 Å². The second-order valence-electron chi connectivity index (χ2n) is 6.79. The second kappa shape index (κ2) is 9.34. The fourth-order valence-corrected chi connectivity index (χ4v) is 3.09. The van der Waals surface area contributed by atoms with Crippen LogP contribution in [-0.4, -0.2) is 30.5 Å². The Labute approximate surface area is 183 Å². The molecular formula is C23H20O9. The average Bonchev–Trinajstić information content (AvgIpc) is 2.67. The molecule has 166 valence electrons. The van der Waals surface area contributed by atoms with E-state index >= 15 is 0 Å². The minimum Gasteiger partial charge on any atom is -0.488 e. The Kier molecular flexibility index (Phi) is 6.58. The number of fused-ring (bicyclic) bond motifs is 1. The van der Waals surface area contributed by atoms with E-state index in [0.717, 1.165) is 0 Å². The summed E-state index contributed by atoms with van der Waals surface area (Å²) in [6, 6.07) is 9.28. The van der Waals surface area contributed by atoms with Gasteiger partial charge in [0.05, 0.1) is 0 Å². The van der Waals surface area contributed by atoms with Crippen LogP contribution in [0.25, 0.3) is 11.3 Å². The summed E-state index contributed by atoms with van der Waals surface area (Å²) in [6.07, 6.45) is 0. The van der Waals surface area contributed by atoms with Gasteiger partial charge in [0.2, 0.25) is 0 Å². The number of benzene rings is 2. The SMILES string of the molecule is CC(=O)OC1=C(c2ccc(OC(C)=O)cc2)COc2cc(OC(C)=O)cc(OC(C)=O)c21. The van der Waals surface area contributed by atoms with E-state index in [2.05, 4.69) is 0 Å². The van der Waals surface area contributed by atoms with E-state index in [4.69, 9.17) is 23.7 Å². The topological polar surface area (TPSA) is 114 Å². The third kappa shape index (κ3) is 5.31. The maximum atomic E-state index is 11.9. The summed E-state index contributed by atoms with van der Waals surface area (Å²) in [4.78, 5) is 46.1. The van der Waals surface area contributed by atoms with Gasteiger partial charge in [0.1, 0.15) is 35.2 Å². The van der Waals surface area contributed by atoms with Crippen LogP contribution in [0.1, 0.15) is 38.8 Å². The van der Waals surface area contributed by atoms with Gasteiger partial charge >= 0.3 is 23.9 Å². The van der Waals surface area contributed by atoms with Crippen molar-refractivity contribution in [1.29, 1.82) is 0 Å². The summed E-state index contributed by atoms with van der Waals surface area (Å²) in [5.74, 6) is -1.48. The molecule has 0 saturated heterocycles. The molecule has 32 heavy (non-hydrogen) atoms. The van der Waals surface area contributed by atoms with Crippen molar-refractivity contribution in [1.82, 2.24) is 0 Å². The molecule has 0 spiro atoms. The largest absolute Gasteiger partial charge is 0.488 e. The third-order valence-electron chi connectivity index (χ3n) is 4.14. The lowest BCUT2D eigenvalue weighted by molar-refractivity contribution is -0.134. The van der Waals surface area contributed by atoms with Gasteiger partial charge in [0, 0.05) is 45.4 Å². The molecule has 1 aliphatic heterocycles. The fourth-order valence-electron chi connectivity index (χ4n) is 3.09. The molecule has 0 unspecified atom stereocenters. The summed E-state index contributed by atoms with van der Waals surface area (Å²) in [6.45, 7) is 4.97. The van der Waals surface area contributed by atoms with Crippen molar-refractivity contribution in [2.75, 3.05) is 6.61 Å². The second-order valence-corrected chi connectivity index (χ2v) is 6.79. The van der Waals surface area contributed by atoms with Gasteiger partial charge in [-0.25, -0.2) is 0 Å². The monoisotopic (exact) mass is 440 g/mol. The molecule has 1 heterocycles. The lowest BCUT2D eigenvalue weighted by atomic mass is 9.97. The van der Waals surface area contributed by atoms with E-state index in [1.807, 2.05) is 0 Å². The zero-order valence-electron chi connectivity index (χ0n) is 17.8. The number of hydrogen-bond donors (Lipinski definition) is 0. The van der Waals surface area contributed by atoms with Gasteiger partial charge in [-0.15, -0.1) is 0 Å². The number of hydrogen-bond acceptors (Lipinski definition) is 9. The van der Waals surface area contributed by atoms with Gasteiger partial charge in [-0.05, 0) is 17.7 Å². The van der Waals surface area contributed by atoms with Crippen LogP contribution in [0.2, 0.25) is 0 Å². The van der Waals surface area contributed by atoms with E-state index in [1.165, 1.54) is 39.8 Å². The molecule has 0 aliphatic carbocycles. The summed E-state index contributed by atoms with van der Waals surface area (Å²) >= 11 is 0. The number of carbonyl (C=O) groups is 4. The van der Waals surface area contributed by atoms with Crippen molar-refractivity contribution in [2.45, 2.75) is 27.7 Å². The van der Waals surface area contributed by atoms with E-state index < -0.39 is 23.9 Å². The molecule has 0 saturated carbocycles. The number of ether oxygens (including phenoxy) is 5. The molecule has 0 atom stereocenters. The molecule has 2 aromatic rings. The van der Waals surface area contributed by atoms with Gasteiger partial charge in [-0.2, -0.15) is 0 Å². The molecule has 9 nitrogen and oxygen atoms in total. The first-order chi connectivity index (χ1) is 15.1. The molecule has 0 N–H and O–H groups in total. The van der Waals surface area contributed by atoms with Crippen LogP contribution in [0.3, 0.4) is 0 Å². The Morgan fingerprint density at radius 1 is 0.719 bits per heavy atom. The van der Waals surface area contributed by atoms with Crippen molar-refractivity contribution in [3.05, 3.63) is 47.5 Å². The van der Waals surface area contributed by atoms with Crippen LogP contribution in [0.15, 0.2) is 36.4 Å². The summed E-state index contributed by atoms with van der Waals surface area (Å²) in [7, 11) is 0. The van der Waals surface area contributed by atoms with Crippen LogP contribution in [0, 0.1) is 0 Å². The Balaban J connectivity index is 2.17. The first kappa shape index (κ1) is 22.5. The van der Waals surface area contributed by atoms with Gasteiger partial charge in [-0.3, -0.25) is 19.2 Å². The van der Waals surface area contributed by atoms with Gasteiger partial charge in [0.15, 0.2) is 5.76 Å². The van der Waals surface area contributed by atoms with Gasteiger partial charge < -0.3 is 23.7 Å². The van der Waals surface area contributed by atoms with Crippen LogP contribution in [-0.2, 0) is 23.9 Å². The van der Waals surface area contributed by atoms with Gasteiger partial charge in [0.25, 0.3) is 0 Å². The predicted molar refractivity (Wildman–Crippen MR) is 111 cm³/mol. The normalized spacial score (nSPS) is 12.2. The Hall–Kier alpha value is -4.14. The molecule has 1 aliphatic rings. The highest BCUT2D eigenvalue weighted by molar-refractivity contribution is 5.97. The molecule has 2 aromatic carbocycles. The number of esters is 4. The third-order valence-corrected chi connectivity index (χ3v) is 4.14. The van der Waals surface area contributed by atoms with E-state index in [0.29, 0.717) is 16.9 Å². The van der Waals surface area contributed by atoms with Crippen molar-refractivity contribution < 1.29 is 42.9 Å². The summed E-state index contributed by atoms with van der Waals surface area (Å²) in [5.41, 5.74) is 1.34. The quantitative estimate of drug-likeness (QED) is 0.510. The van der Waals surface area contributed by atoms with Crippen LogP contribution < -0.4 is 18.9 Å². The van der Waals surface area contributed by atoms with E-state index in [9.17, 15) is 19.2 Å². The van der Waals surface area contributed by atoms with E-state index in [-0.39, 0.29) is 35.2 Å². The van der Waals surface area contributed by atoms with Crippen molar-refractivity contribution in [2.24, 2.45) is 0 Å². The van der Waals surface area contributed by atoms with Crippen LogP contribution in [0.5, 0.6) is 23.0 Å². The highest BCUT2D eigenvalue weighted by Crippen LogP contribution is 2.45. The summed E-state index contributed by atoms with van der Waals surface area (Å²) < 4.78 is 26.8. The fraction of sp³-hybridized carbons (Fsp3) is 0.217. The molecule has 3 rings (SSSR count). The minimum absolute atomic E-state index is 0.00349. The van der Waals surface area contributed by atoms with Crippen LogP contribution in [0.4, 0.5) is 0 Å². The molecular weight excluding hydrogens is 420 g/mol. The first-order valence-corrected chi connectivity index (χ1v) is 9.52. The lowest BCUT2D eigenvalue weighted by Crippen LogP contribution is -2.16. The molecule has 0 amide bonds. The maximum absolute atomic E-state index is 11.9. The average molecular weight is 440 g/mol. The number of carbonyl (C=O) groups excluding carboxylic acids is 4. The smallest absolute Gasteiger partial charge is 0.308 e. The van der Waals surface area contributed by atoms with Crippen molar-refractivity contribution >= 4 is 35.2 Å². The Bertz CT molecular complexity index is 1130. The first-order valence-electron chi connectivity index (χ1n) is 9.52.